The first kappa shape index (κ1) is 15.4. The van der Waals surface area contributed by atoms with Gasteiger partial charge in [-0.2, -0.15) is 0 Å². The van der Waals surface area contributed by atoms with Crippen LogP contribution in [0.5, 0.6) is 0 Å². The first-order valence-corrected chi connectivity index (χ1v) is 11.2. The molecule has 0 aromatic heterocycles. The minimum Gasteiger partial charge on any atom is -0.268 e. The van der Waals surface area contributed by atoms with Gasteiger partial charge in [0.1, 0.15) is 0 Å². The van der Waals surface area contributed by atoms with Crippen molar-refractivity contribution in [3.8, 4) is 0 Å². The molecule has 99 valence electrons. The fourth-order valence-corrected chi connectivity index (χ4v) is 7.49. The lowest BCUT2D eigenvalue weighted by Crippen LogP contribution is -2.20. The lowest BCUT2D eigenvalue weighted by atomic mass is 10.1. The highest BCUT2D eigenvalue weighted by atomic mass is 33.7. The Hall–Kier alpha value is -0.0231. The van der Waals surface area contributed by atoms with E-state index in [0.29, 0.717) is 11.1 Å². The highest BCUT2D eigenvalue weighted by Crippen LogP contribution is 2.46. The normalized spacial score (nSPS) is 14.1. The Labute approximate surface area is 130 Å². The Morgan fingerprint density at radius 1 is 1.05 bits per heavy atom. The van der Waals surface area contributed by atoms with Crippen LogP contribution in [0.3, 0.4) is 0 Å². The predicted molar refractivity (Wildman–Crippen MR) is 87.4 cm³/mol. The largest absolute Gasteiger partial charge is 0.272 e. The number of hydrogen-bond acceptors (Lipinski definition) is 6. The molecule has 2 rings (SSSR count). The minimum absolute atomic E-state index is 0.219. The molecule has 0 spiro atoms. The quantitative estimate of drug-likeness (QED) is 0.246. The zero-order valence-corrected chi connectivity index (χ0v) is 14.1. The summed E-state index contributed by atoms with van der Waals surface area (Å²) in [6, 6.07) is 7.92. The zero-order chi connectivity index (χ0) is 13.7. The summed E-state index contributed by atoms with van der Waals surface area (Å²) in [7, 11) is 9.37. The average Bonchev–Trinajstić information content (AvgIpc) is 2.68. The van der Waals surface area contributed by atoms with Gasteiger partial charge in [0.25, 0.3) is 11.8 Å². The van der Waals surface area contributed by atoms with Crippen LogP contribution in [-0.4, -0.2) is 32.1 Å². The van der Waals surface area contributed by atoms with E-state index in [4.69, 9.17) is 0 Å². The second kappa shape index (κ2) is 7.68. The van der Waals surface area contributed by atoms with Gasteiger partial charge >= 0.3 is 0 Å². The summed E-state index contributed by atoms with van der Waals surface area (Å²) in [5.41, 5.74) is 0.995. The lowest BCUT2D eigenvalue weighted by molar-refractivity contribution is 0.0779. The van der Waals surface area contributed by atoms with E-state index in [-0.39, 0.29) is 11.8 Å². The molecule has 0 saturated heterocycles. The van der Waals surface area contributed by atoms with E-state index < -0.39 is 0 Å². The number of nitrogens with zero attached hydrogens (tertiary/aromatic N) is 1. The van der Waals surface area contributed by atoms with Gasteiger partial charge in [-0.15, -0.1) is 0 Å². The van der Waals surface area contributed by atoms with Gasteiger partial charge in [-0.3, -0.25) is 9.59 Å². The second-order valence-electron chi connectivity index (χ2n) is 3.59. The minimum atomic E-state index is -0.219. The number of benzene rings is 1. The van der Waals surface area contributed by atoms with Gasteiger partial charge in [0, 0.05) is 36.8 Å². The molecule has 0 unspecified atom stereocenters. The molecule has 1 aliphatic rings. The molecular weight excluding hydrogens is 334 g/mol. The summed E-state index contributed by atoms with van der Waals surface area (Å²) in [6.45, 7) is 0. The van der Waals surface area contributed by atoms with E-state index in [2.05, 4.69) is 10.2 Å². The number of fused-ring (bicyclic) bond motifs is 1. The molecule has 1 heterocycles. The van der Waals surface area contributed by atoms with Crippen molar-refractivity contribution in [1.29, 1.82) is 0 Å². The molecule has 19 heavy (non-hydrogen) atoms. The summed E-state index contributed by atoms with van der Waals surface area (Å²) in [6.07, 6.45) is 1.10. The van der Waals surface area contributed by atoms with E-state index in [0.717, 1.165) is 18.2 Å². The standard InChI is InChI=1S/C11H10NO2S4Si/c13-10-8-4-1-2-5-9(8)11(14)12(10)16-18-17-15-6-3-7-19/h1-2,4-5H,3,6-7H2. The summed E-state index contributed by atoms with van der Waals surface area (Å²) < 4.78 is 1.23. The maximum Gasteiger partial charge on any atom is 0.272 e. The third-order valence-corrected chi connectivity index (χ3v) is 8.84. The van der Waals surface area contributed by atoms with Crippen LogP contribution < -0.4 is 0 Å². The van der Waals surface area contributed by atoms with Crippen LogP contribution in [-0.2, 0) is 0 Å². The monoisotopic (exact) mass is 344 g/mol. The molecule has 0 aliphatic carbocycles. The van der Waals surface area contributed by atoms with Crippen molar-refractivity contribution in [3.63, 3.8) is 0 Å². The molecule has 0 fully saturated rings. The smallest absolute Gasteiger partial charge is 0.268 e. The van der Waals surface area contributed by atoms with Gasteiger partial charge in [-0.25, -0.2) is 4.31 Å². The third-order valence-electron chi connectivity index (χ3n) is 2.34. The van der Waals surface area contributed by atoms with E-state index in [1.807, 2.05) is 0 Å². The Balaban J connectivity index is 1.83. The molecule has 3 nitrogen and oxygen atoms in total. The molecule has 3 radical (unpaired) electrons. The molecule has 1 aromatic carbocycles. The summed E-state index contributed by atoms with van der Waals surface area (Å²) >= 11 is 0. The van der Waals surface area contributed by atoms with Crippen molar-refractivity contribution in [2.24, 2.45) is 0 Å². The fourth-order valence-electron chi connectivity index (χ4n) is 1.46. The number of amides is 2. The van der Waals surface area contributed by atoms with E-state index in [1.54, 1.807) is 44.9 Å². The van der Waals surface area contributed by atoms with Crippen LogP contribution in [0.15, 0.2) is 24.3 Å². The van der Waals surface area contributed by atoms with Gasteiger partial charge in [-0.05, 0) is 28.4 Å². The number of imide groups is 1. The van der Waals surface area contributed by atoms with Crippen molar-refractivity contribution < 1.29 is 9.59 Å². The molecular formula is C11H10NO2S4Si. The van der Waals surface area contributed by atoms with Crippen LogP contribution >= 0.6 is 41.4 Å². The van der Waals surface area contributed by atoms with Crippen LogP contribution in [0, 0.1) is 0 Å². The molecule has 1 aromatic rings. The van der Waals surface area contributed by atoms with Gasteiger partial charge < -0.3 is 0 Å². The van der Waals surface area contributed by atoms with E-state index in [1.165, 1.54) is 25.1 Å². The molecule has 0 bridgehead atoms. The highest BCUT2D eigenvalue weighted by Gasteiger charge is 2.36. The van der Waals surface area contributed by atoms with Crippen LogP contribution in [0.25, 0.3) is 0 Å². The van der Waals surface area contributed by atoms with Gasteiger partial charge in [0.15, 0.2) is 0 Å². The van der Waals surface area contributed by atoms with Gasteiger partial charge in [0.2, 0.25) is 0 Å². The van der Waals surface area contributed by atoms with Crippen molar-refractivity contribution in [3.05, 3.63) is 35.4 Å². The van der Waals surface area contributed by atoms with Crippen LogP contribution in [0.2, 0.25) is 6.04 Å². The summed E-state index contributed by atoms with van der Waals surface area (Å²) in [5.74, 6) is 0.608. The second-order valence-corrected chi connectivity index (χ2v) is 9.94. The molecule has 0 N–H and O–H groups in total. The molecule has 2 amide bonds. The maximum atomic E-state index is 12.0. The summed E-state index contributed by atoms with van der Waals surface area (Å²) in [5, 5.41) is 0. The van der Waals surface area contributed by atoms with Crippen molar-refractivity contribution in [1.82, 2.24) is 4.31 Å². The molecule has 8 heteroatoms. The van der Waals surface area contributed by atoms with Crippen LogP contribution in [0.1, 0.15) is 27.1 Å². The third kappa shape index (κ3) is 3.75. The van der Waals surface area contributed by atoms with Crippen molar-refractivity contribution in [2.45, 2.75) is 12.5 Å². The highest BCUT2D eigenvalue weighted by molar-refractivity contribution is 9.25. The Bertz CT molecular complexity index is 451. The predicted octanol–water partition coefficient (Wildman–Crippen LogP) is 3.85. The zero-order valence-electron chi connectivity index (χ0n) is 9.83. The fraction of sp³-hybridized carbons (Fsp3) is 0.273. The van der Waals surface area contributed by atoms with E-state index >= 15 is 0 Å². The van der Waals surface area contributed by atoms with Gasteiger partial charge in [-0.1, -0.05) is 29.0 Å². The first-order valence-electron chi connectivity index (χ1n) is 5.51. The number of rotatable bonds is 7. The molecule has 0 atom stereocenters. The number of carbonyl (C=O) groups is 2. The molecule has 0 saturated carbocycles. The Kier molecular flexibility index (Phi) is 6.21. The first-order chi connectivity index (χ1) is 9.25. The van der Waals surface area contributed by atoms with Crippen molar-refractivity contribution in [2.75, 3.05) is 5.75 Å². The number of hydrogen-bond donors (Lipinski definition) is 0. The SMILES string of the molecule is O=C1c2ccccc2C(=O)N1SSSSCCC[Si]. The Morgan fingerprint density at radius 2 is 1.68 bits per heavy atom. The van der Waals surface area contributed by atoms with Gasteiger partial charge in [0.05, 0.1) is 11.1 Å². The van der Waals surface area contributed by atoms with Crippen LogP contribution in [0.4, 0.5) is 0 Å². The lowest BCUT2D eigenvalue weighted by Gasteiger charge is -2.09. The molecule has 1 aliphatic heterocycles. The van der Waals surface area contributed by atoms with Crippen molar-refractivity contribution >= 4 is 63.5 Å². The summed E-state index contributed by atoms with van der Waals surface area (Å²) in [4.78, 5) is 24.0. The number of carbonyl (C=O) groups excluding carboxylic acids is 2. The van der Waals surface area contributed by atoms with E-state index in [9.17, 15) is 9.59 Å². The topological polar surface area (TPSA) is 37.4 Å². The Morgan fingerprint density at radius 3 is 2.26 bits per heavy atom. The average molecular weight is 345 g/mol. The maximum absolute atomic E-state index is 12.0.